The van der Waals surface area contributed by atoms with Crippen LogP contribution in [0.1, 0.15) is 15.9 Å². The molecule has 0 bridgehead atoms. The van der Waals surface area contributed by atoms with E-state index in [9.17, 15) is 9.59 Å². The average Bonchev–Trinajstić information content (AvgIpc) is 2.82. The van der Waals surface area contributed by atoms with Crippen LogP contribution in [0.4, 0.5) is 5.69 Å². The number of nitrogens with one attached hydrogen (secondary N) is 3. The number of carbonyl (C=O) groups is 2. The van der Waals surface area contributed by atoms with Gasteiger partial charge in [-0.1, -0.05) is 22.3 Å². The molecular weight excluding hydrogens is 448 g/mol. The molecule has 3 aromatic rings. The second-order valence-corrected chi connectivity index (χ2v) is 11.2. The van der Waals surface area contributed by atoms with Gasteiger partial charge in [0.05, 0.1) is 12.1 Å². The quantitative estimate of drug-likeness (QED) is 0.386. The van der Waals surface area contributed by atoms with Crippen LogP contribution in [0.5, 0.6) is 0 Å². The van der Waals surface area contributed by atoms with E-state index in [1.807, 2.05) is 68.6 Å². The molecule has 3 rings (SSSR count). The lowest BCUT2D eigenvalue weighted by Crippen LogP contribution is -2.38. The molecule has 2 amide bonds. The number of hydrogen-bond acceptors (Lipinski definition) is 6. The summed E-state index contributed by atoms with van der Waals surface area (Å²) in [5.74, 6) is -0.441. The molecule has 0 aliphatic heterocycles. The van der Waals surface area contributed by atoms with Crippen LogP contribution in [0.3, 0.4) is 0 Å². The second-order valence-electron chi connectivity index (χ2n) is 8.29. The van der Waals surface area contributed by atoms with Crippen molar-refractivity contribution in [3.8, 4) is 0 Å². The van der Waals surface area contributed by atoms with Crippen LogP contribution in [-0.4, -0.2) is 66.7 Å². The molecule has 1 atom stereocenters. The number of aryl methyl sites for hydroxylation is 1. The van der Waals surface area contributed by atoms with Gasteiger partial charge in [0.25, 0.3) is 5.91 Å². The summed E-state index contributed by atoms with van der Waals surface area (Å²) in [4.78, 5) is 37.9. The number of nitrogens with zero attached hydrogens (tertiary/aromatic N) is 3. The fourth-order valence-electron chi connectivity index (χ4n) is 3.41. The highest BCUT2D eigenvalue weighted by Crippen LogP contribution is 2.56. The summed E-state index contributed by atoms with van der Waals surface area (Å²) < 4.78 is 3.18. The van der Waals surface area contributed by atoms with Gasteiger partial charge in [-0.15, -0.1) is 0 Å². The number of carbonyl (C=O) groups excluding carboxylic acids is 2. The SMILES string of the molecule is Cc1cccc(NC(=O)c2cccnc2S(C)(NC(=O)CNCCN(C)C)c2ccncc2)c1. The molecule has 0 radical (unpaired) electrons. The molecule has 8 nitrogen and oxygen atoms in total. The van der Waals surface area contributed by atoms with Gasteiger partial charge in [0.15, 0.2) is 0 Å². The maximum Gasteiger partial charge on any atom is 0.258 e. The Kier molecular flexibility index (Phi) is 8.75. The van der Waals surface area contributed by atoms with Crippen molar-refractivity contribution in [3.05, 3.63) is 78.2 Å². The number of rotatable bonds is 10. The molecule has 0 aliphatic rings. The minimum atomic E-state index is -2.19. The molecule has 180 valence electrons. The lowest BCUT2D eigenvalue weighted by atomic mass is 10.2. The minimum absolute atomic E-state index is 0.163. The van der Waals surface area contributed by atoms with Crippen LogP contribution in [-0.2, 0) is 4.79 Å². The first-order chi connectivity index (χ1) is 16.3. The van der Waals surface area contributed by atoms with Gasteiger partial charge in [-0.2, -0.15) is 0 Å². The predicted molar refractivity (Wildman–Crippen MR) is 137 cm³/mol. The smallest absolute Gasteiger partial charge is 0.258 e. The van der Waals surface area contributed by atoms with Crippen molar-refractivity contribution in [2.45, 2.75) is 16.8 Å². The first kappa shape index (κ1) is 25.4. The maximum absolute atomic E-state index is 13.3. The zero-order valence-electron chi connectivity index (χ0n) is 20.0. The fourth-order valence-corrected chi connectivity index (χ4v) is 5.91. The lowest BCUT2D eigenvalue weighted by molar-refractivity contribution is -0.118. The van der Waals surface area contributed by atoms with Crippen molar-refractivity contribution in [3.63, 3.8) is 0 Å². The summed E-state index contributed by atoms with van der Waals surface area (Å²) >= 11 is 0. The van der Waals surface area contributed by atoms with Crippen LogP contribution < -0.4 is 15.4 Å². The molecule has 1 aromatic carbocycles. The van der Waals surface area contributed by atoms with E-state index in [0.717, 1.165) is 17.0 Å². The molecule has 2 heterocycles. The summed E-state index contributed by atoms with van der Waals surface area (Å²) in [5, 5.41) is 6.66. The minimum Gasteiger partial charge on any atom is -0.322 e. The molecule has 3 N–H and O–H groups in total. The van der Waals surface area contributed by atoms with Crippen LogP contribution in [0.25, 0.3) is 0 Å². The van der Waals surface area contributed by atoms with Crippen molar-refractivity contribution in [2.75, 3.05) is 45.3 Å². The van der Waals surface area contributed by atoms with Crippen molar-refractivity contribution in [1.29, 1.82) is 0 Å². The Morgan fingerprint density at radius 1 is 1.03 bits per heavy atom. The fraction of sp³-hybridized carbons (Fsp3) is 0.280. The first-order valence-corrected chi connectivity index (χ1v) is 13.0. The molecule has 34 heavy (non-hydrogen) atoms. The highest BCUT2D eigenvalue weighted by atomic mass is 32.3. The highest BCUT2D eigenvalue weighted by molar-refractivity contribution is 8.32. The summed E-state index contributed by atoms with van der Waals surface area (Å²) in [6.45, 7) is 3.65. The number of hydrogen-bond donors (Lipinski definition) is 3. The molecule has 2 aromatic heterocycles. The molecule has 0 aliphatic carbocycles. The Morgan fingerprint density at radius 3 is 2.50 bits per heavy atom. The number of likely N-dealkylation sites (N-methyl/N-ethyl adjacent to an activating group) is 1. The van der Waals surface area contributed by atoms with E-state index in [4.69, 9.17) is 0 Å². The van der Waals surface area contributed by atoms with E-state index >= 15 is 0 Å². The third kappa shape index (κ3) is 6.63. The van der Waals surface area contributed by atoms with Crippen LogP contribution in [0.2, 0.25) is 0 Å². The van der Waals surface area contributed by atoms with E-state index in [-0.39, 0.29) is 18.4 Å². The Labute approximate surface area is 202 Å². The van der Waals surface area contributed by atoms with E-state index in [1.165, 1.54) is 0 Å². The van der Waals surface area contributed by atoms with Gasteiger partial charge in [0.1, 0.15) is 5.03 Å². The van der Waals surface area contributed by atoms with E-state index in [2.05, 4.69) is 25.3 Å². The summed E-state index contributed by atoms with van der Waals surface area (Å²) in [5.41, 5.74) is 2.17. The molecule has 9 heteroatoms. The summed E-state index contributed by atoms with van der Waals surface area (Å²) in [6, 6.07) is 14.8. The molecule has 0 saturated carbocycles. The van der Waals surface area contributed by atoms with Crippen LogP contribution in [0, 0.1) is 6.92 Å². The Hall–Kier alpha value is -3.27. The van der Waals surface area contributed by atoms with Gasteiger partial charge in [-0.25, -0.2) is 4.98 Å². The van der Waals surface area contributed by atoms with Gasteiger partial charge in [0.2, 0.25) is 5.91 Å². The van der Waals surface area contributed by atoms with Gasteiger partial charge in [-0.3, -0.25) is 14.6 Å². The normalized spacial score (nSPS) is 13.7. The van der Waals surface area contributed by atoms with Crippen molar-refractivity contribution in [1.82, 2.24) is 24.9 Å². The molecule has 1 unspecified atom stereocenters. The summed E-state index contributed by atoms with van der Waals surface area (Å²) in [6.07, 6.45) is 6.94. The van der Waals surface area contributed by atoms with Gasteiger partial charge in [0, 0.05) is 42.3 Å². The van der Waals surface area contributed by atoms with Gasteiger partial charge < -0.3 is 20.3 Å². The zero-order valence-corrected chi connectivity index (χ0v) is 20.9. The van der Waals surface area contributed by atoms with Crippen LogP contribution >= 0.6 is 10.2 Å². The van der Waals surface area contributed by atoms with Crippen molar-refractivity contribution in [2.24, 2.45) is 0 Å². The van der Waals surface area contributed by atoms with Crippen LogP contribution in [0.15, 0.2) is 77.0 Å². The van der Waals surface area contributed by atoms with Gasteiger partial charge >= 0.3 is 0 Å². The number of benzene rings is 1. The van der Waals surface area contributed by atoms with Crippen molar-refractivity contribution >= 4 is 27.7 Å². The largest absolute Gasteiger partial charge is 0.322 e. The third-order valence-electron chi connectivity index (χ3n) is 5.14. The second kappa shape index (κ2) is 11.7. The molecular formula is C25H32N6O2S. The van der Waals surface area contributed by atoms with E-state index in [0.29, 0.717) is 22.8 Å². The lowest BCUT2D eigenvalue weighted by Gasteiger charge is -2.37. The standard InChI is InChI=1S/C25H32N6O2S/c1-19-7-5-8-20(17-19)29-24(33)22-9-6-12-28-25(22)34(4,21-10-13-26-14-11-21)30-23(32)18-27-15-16-31(2)3/h5-14,17,27H,15-16,18H2,1-4H3,(H,29,33)(H,30,32). The maximum atomic E-state index is 13.3. The highest BCUT2D eigenvalue weighted by Gasteiger charge is 2.31. The Bertz CT molecular complexity index is 1130. The Balaban J connectivity index is 1.91. The molecule has 0 fully saturated rings. The van der Waals surface area contributed by atoms with E-state index in [1.54, 1.807) is 30.7 Å². The average molecular weight is 481 g/mol. The predicted octanol–water partition coefficient (Wildman–Crippen LogP) is 3.07. The summed E-state index contributed by atoms with van der Waals surface area (Å²) in [7, 11) is 1.78. The monoisotopic (exact) mass is 480 g/mol. The van der Waals surface area contributed by atoms with E-state index < -0.39 is 10.2 Å². The molecule has 0 saturated heterocycles. The van der Waals surface area contributed by atoms with Crippen molar-refractivity contribution < 1.29 is 9.59 Å². The van der Waals surface area contributed by atoms with Gasteiger partial charge in [-0.05, 0) is 69.2 Å². The number of pyridine rings is 2. The molecule has 0 spiro atoms. The Morgan fingerprint density at radius 2 is 1.79 bits per heavy atom. The zero-order chi connectivity index (χ0) is 24.6. The number of anilines is 1. The number of amides is 2. The first-order valence-electron chi connectivity index (χ1n) is 11.0. The topological polar surface area (TPSA) is 99.2 Å². The number of aromatic nitrogens is 2. The third-order valence-corrected chi connectivity index (χ3v) is 8.09.